The summed E-state index contributed by atoms with van der Waals surface area (Å²) in [6.45, 7) is 6.73. The Morgan fingerprint density at radius 3 is 2.39 bits per heavy atom. The quantitative estimate of drug-likeness (QED) is 0.641. The number of nitrogens with one attached hydrogen (secondary N) is 1. The van der Waals surface area contributed by atoms with Crippen LogP contribution in [0.1, 0.15) is 66.7 Å². The van der Waals surface area contributed by atoms with Crippen LogP contribution in [0.15, 0.2) is 54.6 Å². The number of likely N-dealkylation sites (tertiary alicyclic amines) is 1. The van der Waals surface area contributed by atoms with E-state index in [1.807, 2.05) is 18.2 Å². The van der Waals surface area contributed by atoms with E-state index in [1.54, 1.807) is 11.6 Å². The average Bonchev–Trinajstić information content (AvgIpc) is 2.79. The normalized spacial score (nSPS) is 23.2. The van der Waals surface area contributed by atoms with Crippen molar-refractivity contribution in [2.24, 2.45) is 0 Å². The van der Waals surface area contributed by atoms with Crippen molar-refractivity contribution in [1.82, 2.24) is 10.2 Å². The van der Waals surface area contributed by atoms with E-state index >= 15 is 0 Å². The molecular weight excluding hydrogens is 380 g/mol. The summed E-state index contributed by atoms with van der Waals surface area (Å²) >= 11 is 0. The van der Waals surface area contributed by atoms with Gasteiger partial charge in [-0.3, -0.25) is 4.79 Å². The van der Waals surface area contributed by atoms with E-state index in [-0.39, 0.29) is 5.91 Å². The van der Waals surface area contributed by atoms with Crippen molar-refractivity contribution in [3.8, 4) is 0 Å². The molecule has 2 aliphatic rings. The maximum Gasteiger partial charge on any atom is 0.244 e. The molecule has 0 bridgehead atoms. The summed E-state index contributed by atoms with van der Waals surface area (Å²) in [5.41, 5.74) is 5.28. The van der Waals surface area contributed by atoms with Crippen LogP contribution in [0.4, 0.5) is 0 Å². The number of benzene rings is 2. The number of piperidine rings is 1. The Morgan fingerprint density at radius 1 is 0.935 bits per heavy atom. The van der Waals surface area contributed by atoms with Crippen LogP contribution in [-0.4, -0.2) is 36.0 Å². The van der Waals surface area contributed by atoms with Crippen LogP contribution in [0, 0.1) is 13.8 Å². The van der Waals surface area contributed by atoms with Crippen molar-refractivity contribution >= 4 is 12.0 Å². The Bertz CT molecular complexity index is 903. The number of aryl methyl sites for hydroxylation is 2. The molecule has 1 N–H and O–H groups in total. The van der Waals surface area contributed by atoms with Gasteiger partial charge in [-0.25, -0.2) is 0 Å². The molecule has 4 rings (SSSR count). The number of amides is 1. The Labute approximate surface area is 187 Å². The molecule has 2 fully saturated rings. The van der Waals surface area contributed by atoms with E-state index in [9.17, 15) is 4.79 Å². The second kappa shape index (κ2) is 10.3. The van der Waals surface area contributed by atoms with E-state index in [0.29, 0.717) is 18.0 Å². The van der Waals surface area contributed by atoms with Crippen LogP contribution in [0.25, 0.3) is 6.08 Å². The summed E-state index contributed by atoms with van der Waals surface area (Å²) in [4.78, 5) is 15.1. The number of carbonyl (C=O) groups is 1. The third-order valence-corrected chi connectivity index (χ3v) is 7.19. The van der Waals surface area contributed by atoms with Crippen molar-refractivity contribution in [3.63, 3.8) is 0 Å². The van der Waals surface area contributed by atoms with E-state index < -0.39 is 0 Å². The molecule has 1 saturated carbocycles. The molecule has 2 aromatic carbocycles. The highest BCUT2D eigenvalue weighted by Gasteiger charge is 2.30. The lowest BCUT2D eigenvalue weighted by molar-refractivity contribution is -0.117. The molecule has 31 heavy (non-hydrogen) atoms. The largest absolute Gasteiger partial charge is 0.350 e. The molecule has 0 spiro atoms. The monoisotopic (exact) mass is 416 g/mol. The van der Waals surface area contributed by atoms with Crippen molar-refractivity contribution < 1.29 is 4.79 Å². The number of rotatable bonds is 5. The van der Waals surface area contributed by atoms with Gasteiger partial charge in [-0.1, -0.05) is 54.1 Å². The van der Waals surface area contributed by atoms with Gasteiger partial charge < -0.3 is 10.2 Å². The van der Waals surface area contributed by atoms with Crippen LogP contribution in [0.3, 0.4) is 0 Å². The van der Waals surface area contributed by atoms with Crippen LogP contribution >= 0.6 is 0 Å². The molecule has 1 aliphatic carbocycles. The van der Waals surface area contributed by atoms with Crippen molar-refractivity contribution in [1.29, 1.82) is 0 Å². The molecule has 0 aromatic heterocycles. The fraction of sp³-hybridized carbons (Fsp3) is 0.464. The van der Waals surface area contributed by atoms with Crippen molar-refractivity contribution in [2.75, 3.05) is 13.1 Å². The lowest BCUT2D eigenvalue weighted by Gasteiger charge is -2.41. The molecule has 0 radical (unpaired) electrons. The van der Waals surface area contributed by atoms with Crippen molar-refractivity contribution in [2.45, 2.75) is 70.4 Å². The fourth-order valence-corrected chi connectivity index (χ4v) is 5.40. The highest BCUT2D eigenvalue weighted by atomic mass is 16.1. The first kappa shape index (κ1) is 21.8. The van der Waals surface area contributed by atoms with E-state index in [0.717, 1.165) is 18.4 Å². The lowest BCUT2D eigenvalue weighted by Crippen LogP contribution is -2.46. The molecule has 1 heterocycles. The molecule has 3 nitrogen and oxygen atoms in total. The molecule has 0 unspecified atom stereocenters. The van der Waals surface area contributed by atoms with Gasteiger partial charge in [0.1, 0.15) is 0 Å². The van der Waals surface area contributed by atoms with Gasteiger partial charge in [0.05, 0.1) is 0 Å². The summed E-state index contributed by atoms with van der Waals surface area (Å²) in [6.07, 6.45) is 10.7. The SMILES string of the molecule is Cc1cccc(/C=C/C(=O)NC2CCC(N3CCC(c4ccccc4C)CC3)CC2)c1. The van der Waals surface area contributed by atoms with Gasteiger partial charge in [-0.2, -0.15) is 0 Å². The Morgan fingerprint density at radius 2 is 1.68 bits per heavy atom. The number of carbonyl (C=O) groups excluding carboxylic acids is 1. The zero-order chi connectivity index (χ0) is 21.6. The van der Waals surface area contributed by atoms with Crippen LogP contribution < -0.4 is 5.32 Å². The van der Waals surface area contributed by atoms with Crippen molar-refractivity contribution in [3.05, 3.63) is 76.9 Å². The number of hydrogen-bond acceptors (Lipinski definition) is 2. The van der Waals surface area contributed by atoms with Gasteiger partial charge in [0.15, 0.2) is 0 Å². The highest BCUT2D eigenvalue weighted by molar-refractivity contribution is 5.91. The molecule has 1 saturated heterocycles. The topological polar surface area (TPSA) is 32.3 Å². The van der Waals surface area contributed by atoms with Gasteiger partial charge >= 0.3 is 0 Å². The molecule has 1 amide bonds. The summed E-state index contributed by atoms with van der Waals surface area (Å²) in [7, 11) is 0. The zero-order valence-corrected chi connectivity index (χ0v) is 19.0. The Kier molecular flexibility index (Phi) is 7.24. The van der Waals surface area contributed by atoms with Gasteiger partial charge in [-0.15, -0.1) is 0 Å². The summed E-state index contributed by atoms with van der Waals surface area (Å²) in [5.74, 6) is 0.747. The van der Waals surface area contributed by atoms with E-state index in [1.165, 1.54) is 49.9 Å². The second-order valence-corrected chi connectivity index (χ2v) is 9.43. The zero-order valence-electron chi connectivity index (χ0n) is 19.0. The molecule has 0 atom stereocenters. The minimum Gasteiger partial charge on any atom is -0.350 e. The highest BCUT2D eigenvalue weighted by Crippen LogP contribution is 2.33. The molecule has 1 aliphatic heterocycles. The predicted octanol–water partition coefficient (Wildman–Crippen LogP) is 5.62. The van der Waals surface area contributed by atoms with Gasteiger partial charge in [0, 0.05) is 18.2 Å². The molecule has 3 heteroatoms. The maximum absolute atomic E-state index is 12.3. The third-order valence-electron chi connectivity index (χ3n) is 7.19. The first-order valence-electron chi connectivity index (χ1n) is 11.9. The summed E-state index contributed by atoms with van der Waals surface area (Å²) < 4.78 is 0. The smallest absolute Gasteiger partial charge is 0.244 e. The number of nitrogens with zero attached hydrogens (tertiary/aromatic N) is 1. The van der Waals surface area contributed by atoms with Gasteiger partial charge in [-0.05, 0) is 94.1 Å². The van der Waals surface area contributed by atoms with E-state index in [2.05, 4.69) is 60.5 Å². The first-order valence-corrected chi connectivity index (χ1v) is 11.9. The van der Waals surface area contributed by atoms with Crippen LogP contribution in [0.2, 0.25) is 0 Å². The first-order chi connectivity index (χ1) is 15.1. The molecule has 2 aromatic rings. The van der Waals surface area contributed by atoms with E-state index in [4.69, 9.17) is 0 Å². The average molecular weight is 417 g/mol. The molecule has 164 valence electrons. The van der Waals surface area contributed by atoms with Crippen LogP contribution in [0.5, 0.6) is 0 Å². The molecular formula is C28H36N2O. The summed E-state index contributed by atoms with van der Waals surface area (Å²) in [6, 6.07) is 18.1. The van der Waals surface area contributed by atoms with Crippen LogP contribution in [-0.2, 0) is 4.79 Å². The minimum absolute atomic E-state index is 0.0315. The predicted molar refractivity (Wildman–Crippen MR) is 129 cm³/mol. The Hall–Kier alpha value is -2.39. The summed E-state index contributed by atoms with van der Waals surface area (Å²) in [5, 5.41) is 3.22. The fourth-order valence-electron chi connectivity index (χ4n) is 5.40. The Balaban J connectivity index is 1.20. The van der Waals surface area contributed by atoms with Gasteiger partial charge in [0.25, 0.3) is 0 Å². The minimum atomic E-state index is 0.0315. The number of hydrogen-bond donors (Lipinski definition) is 1. The standard InChI is InChI=1S/C28H36N2O/c1-21-6-5-8-23(20-21)10-15-28(31)29-25-11-13-26(14-12-25)30-18-16-24(17-19-30)27-9-4-3-7-22(27)2/h3-10,15,20,24-26H,11-14,16-19H2,1-2H3,(H,29,31)/b15-10+. The van der Waals surface area contributed by atoms with Gasteiger partial charge in [0.2, 0.25) is 5.91 Å². The second-order valence-electron chi connectivity index (χ2n) is 9.43. The lowest BCUT2D eigenvalue weighted by atomic mass is 9.84. The maximum atomic E-state index is 12.3. The third kappa shape index (κ3) is 5.86.